The highest BCUT2D eigenvalue weighted by Gasteiger charge is 2.17. The summed E-state index contributed by atoms with van der Waals surface area (Å²) in [7, 11) is 0. The molecule has 0 amide bonds. The molecule has 0 spiro atoms. The summed E-state index contributed by atoms with van der Waals surface area (Å²) < 4.78 is 10.9. The number of unbranched alkanes of at least 4 members (excludes halogenated alkanes) is 4. The molecule has 5 heteroatoms. The molecule has 2 saturated heterocycles. The summed E-state index contributed by atoms with van der Waals surface area (Å²) in [4.78, 5) is 5.19. The summed E-state index contributed by atoms with van der Waals surface area (Å²) in [5.41, 5.74) is 0. The monoisotopic (exact) mass is 400 g/mol. The first kappa shape index (κ1) is 23.5. The van der Waals surface area contributed by atoms with Gasteiger partial charge in [0.05, 0.1) is 26.4 Å². The molecule has 2 unspecified atom stereocenters. The van der Waals surface area contributed by atoms with E-state index in [9.17, 15) is 0 Å². The fourth-order valence-corrected chi connectivity index (χ4v) is 5.17. The third kappa shape index (κ3) is 10.5. The van der Waals surface area contributed by atoms with Gasteiger partial charge in [0.25, 0.3) is 0 Å². The molecule has 2 fully saturated rings. The van der Waals surface area contributed by atoms with Crippen LogP contribution in [0, 0.1) is 0 Å². The van der Waals surface area contributed by atoms with Crippen molar-refractivity contribution < 1.29 is 9.47 Å². The smallest absolute Gasteiger partial charge is 0.0594 e. The molecule has 2 rings (SSSR count). The highest BCUT2D eigenvalue weighted by Crippen LogP contribution is 2.16. The molecule has 0 bridgehead atoms. The van der Waals surface area contributed by atoms with Crippen molar-refractivity contribution in [2.75, 3.05) is 64.1 Å². The zero-order chi connectivity index (χ0) is 19.2. The van der Waals surface area contributed by atoms with E-state index < -0.39 is 0 Å². The van der Waals surface area contributed by atoms with Crippen molar-refractivity contribution in [2.45, 2.75) is 77.3 Å². The molecule has 0 aromatic heterocycles. The SMILES string of the molecule is CC(CCCCCSCCCCCC(C)N1CCOCC1)N1CCOCC1. The average Bonchev–Trinajstić information content (AvgIpc) is 2.73. The molecule has 4 nitrogen and oxygen atoms in total. The quantitative estimate of drug-likeness (QED) is 0.405. The maximum Gasteiger partial charge on any atom is 0.0594 e. The van der Waals surface area contributed by atoms with Crippen LogP contribution in [0.25, 0.3) is 0 Å². The summed E-state index contributed by atoms with van der Waals surface area (Å²) >= 11 is 2.17. The van der Waals surface area contributed by atoms with Gasteiger partial charge in [-0.1, -0.05) is 25.7 Å². The van der Waals surface area contributed by atoms with Crippen molar-refractivity contribution in [3.05, 3.63) is 0 Å². The van der Waals surface area contributed by atoms with Crippen LogP contribution in [0.5, 0.6) is 0 Å². The number of nitrogens with zero attached hydrogens (tertiary/aromatic N) is 2. The Bertz CT molecular complexity index is 315. The fraction of sp³-hybridized carbons (Fsp3) is 1.00. The summed E-state index contributed by atoms with van der Waals surface area (Å²) in [6, 6.07) is 1.47. The van der Waals surface area contributed by atoms with Crippen LogP contribution in [0.15, 0.2) is 0 Å². The van der Waals surface area contributed by atoms with Crippen molar-refractivity contribution >= 4 is 11.8 Å². The minimum absolute atomic E-state index is 0.737. The van der Waals surface area contributed by atoms with E-state index in [1.807, 2.05) is 0 Å². The van der Waals surface area contributed by atoms with Crippen LogP contribution in [0.1, 0.15) is 65.2 Å². The van der Waals surface area contributed by atoms with E-state index in [1.165, 1.54) is 62.9 Å². The summed E-state index contributed by atoms with van der Waals surface area (Å²) in [6.45, 7) is 13.0. The summed E-state index contributed by atoms with van der Waals surface area (Å²) in [5, 5.41) is 0. The van der Waals surface area contributed by atoms with E-state index in [0.717, 1.165) is 64.7 Å². The van der Waals surface area contributed by atoms with Gasteiger partial charge in [-0.2, -0.15) is 11.8 Å². The van der Waals surface area contributed by atoms with E-state index in [0.29, 0.717) is 0 Å². The van der Waals surface area contributed by atoms with Gasteiger partial charge in [0.1, 0.15) is 0 Å². The Morgan fingerprint density at radius 2 is 1.04 bits per heavy atom. The van der Waals surface area contributed by atoms with Gasteiger partial charge in [-0.25, -0.2) is 0 Å². The van der Waals surface area contributed by atoms with E-state index in [1.54, 1.807) is 0 Å². The Morgan fingerprint density at radius 3 is 1.44 bits per heavy atom. The first-order valence-corrected chi connectivity index (χ1v) is 12.6. The Morgan fingerprint density at radius 1 is 0.630 bits per heavy atom. The molecule has 2 atom stereocenters. The molecular formula is C22H44N2O2S. The minimum Gasteiger partial charge on any atom is -0.379 e. The zero-order valence-corrected chi connectivity index (χ0v) is 18.8. The van der Waals surface area contributed by atoms with Crippen LogP contribution in [0.3, 0.4) is 0 Å². The van der Waals surface area contributed by atoms with Crippen LogP contribution in [-0.2, 0) is 9.47 Å². The van der Waals surface area contributed by atoms with Crippen LogP contribution < -0.4 is 0 Å². The second-order valence-corrected chi connectivity index (χ2v) is 9.53. The van der Waals surface area contributed by atoms with Gasteiger partial charge in [0, 0.05) is 38.3 Å². The van der Waals surface area contributed by atoms with Gasteiger partial charge in [-0.05, 0) is 51.0 Å². The zero-order valence-electron chi connectivity index (χ0n) is 18.0. The standard InChI is InChI=1S/C22H44N2O2S/c1-21(23-11-15-25-16-12-23)9-5-3-7-19-27-20-8-4-6-10-22(2)24-13-17-26-18-14-24/h21-22H,3-20H2,1-2H3. The highest BCUT2D eigenvalue weighted by atomic mass is 32.2. The Balaban J connectivity index is 1.31. The van der Waals surface area contributed by atoms with Gasteiger partial charge < -0.3 is 9.47 Å². The Hall–Kier alpha value is 0.190. The molecule has 0 aromatic rings. The number of hydrogen-bond donors (Lipinski definition) is 0. The normalized spacial score (nSPS) is 22.0. The summed E-state index contributed by atoms with van der Waals surface area (Å²) in [5.74, 6) is 2.71. The molecular weight excluding hydrogens is 356 g/mol. The molecule has 0 aliphatic carbocycles. The van der Waals surface area contributed by atoms with E-state index in [4.69, 9.17) is 9.47 Å². The van der Waals surface area contributed by atoms with Crippen molar-refractivity contribution in [2.24, 2.45) is 0 Å². The van der Waals surface area contributed by atoms with Crippen LogP contribution >= 0.6 is 11.8 Å². The number of hydrogen-bond acceptors (Lipinski definition) is 5. The second-order valence-electron chi connectivity index (χ2n) is 8.31. The lowest BCUT2D eigenvalue weighted by Gasteiger charge is -2.32. The second kappa shape index (κ2) is 15.1. The summed E-state index contributed by atoms with van der Waals surface area (Å²) in [6.07, 6.45) is 11.1. The maximum absolute atomic E-state index is 5.44. The highest BCUT2D eigenvalue weighted by molar-refractivity contribution is 7.99. The van der Waals surface area contributed by atoms with Crippen LogP contribution in [0.2, 0.25) is 0 Å². The lowest BCUT2D eigenvalue weighted by atomic mass is 10.1. The van der Waals surface area contributed by atoms with Gasteiger partial charge in [0.15, 0.2) is 0 Å². The Labute approximate surface area is 172 Å². The molecule has 27 heavy (non-hydrogen) atoms. The van der Waals surface area contributed by atoms with Crippen molar-refractivity contribution in [3.63, 3.8) is 0 Å². The van der Waals surface area contributed by atoms with Gasteiger partial charge in [-0.3, -0.25) is 9.80 Å². The van der Waals surface area contributed by atoms with E-state index in [2.05, 4.69) is 35.4 Å². The molecule has 2 aliphatic heterocycles. The molecule has 160 valence electrons. The topological polar surface area (TPSA) is 24.9 Å². The first-order chi connectivity index (χ1) is 13.3. The lowest BCUT2D eigenvalue weighted by Crippen LogP contribution is -2.42. The van der Waals surface area contributed by atoms with Crippen molar-refractivity contribution in [1.82, 2.24) is 9.80 Å². The molecule has 2 aliphatic rings. The largest absolute Gasteiger partial charge is 0.379 e. The maximum atomic E-state index is 5.44. The molecule has 0 aromatic carbocycles. The predicted molar refractivity (Wildman–Crippen MR) is 118 cm³/mol. The predicted octanol–water partition coefficient (Wildman–Crippen LogP) is 4.28. The molecule has 2 heterocycles. The number of ether oxygens (including phenoxy) is 2. The third-order valence-corrected chi connectivity index (χ3v) is 7.31. The van der Waals surface area contributed by atoms with Gasteiger partial charge in [0.2, 0.25) is 0 Å². The van der Waals surface area contributed by atoms with Crippen molar-refractivity contribution in [3.8, 4) is 0 Å². The lowest BCUT2D eigenvalue weighted by molar-refractivity contribution is 0.0182. The molecule has 0 saturated carbocycles. The molecule has 0 N–H and O–H groups in total. The molecule has 0 radical (unpaired) electrons. The first-order valence-electron chi connectivity index (χ1n) is 11.5. The van der Waals surface area contributed by atoms with E-state index in [-0.39, 0.29) is 0 Å². The minimum atomic E-state index is 0.737. The van der Waals surface area contributed by atoms with Crippen LogP contribution in [0.4, 0.5) is 0 Å². The average molecular weight is 401 g/mol. The van der Waals surface area contributed by atoms with Crippen LogP contribution in [-0.4, -0.2) is 86.0 Å². The third-order valence-electron chi connectivity index (χ3n) is 6.16. The van der Waals surface area contributed by atoms with Crippen molar-refractivity contribution in [1.29, 1.82) is 0 Å². The van der Waals surface area contributed by atoms with Gasteiger partial charge in [-0.15, -0.1) is 0 Å². The van der Waals surface area contributed by atoms with Gasteiger partial charge >= 0.3 is 0 Å². The number of thioether (sulfide) groups is 1. The van der Waals surface area contributed by atoms with E-state index >= 15 is 0 Å². The number of morpholine rings is 2. The fourth-order valence-electron chi connectivity index (χ4n) is 4.15. The number of rotatable bonds is 14. The Kier molecular flexibility index (Phi) is 13.1.